The Hall–Kier alpha value is -0.650. The second kappa shape index (κ2) is 7.07. The first kappa shape index (κ1) is 17.4. The molecule has 1 aromatic heterocycles. The van der Waals surface area contributed by atoms with E-state index >= 15 is 0 Å². The zero-order valence-corrected chi connectivity index (χ0v) is 12.8. The standard InChI is InChI=1S/C9H13N2O5S.HI/c1-11(2,3-4-12)17-9(13)8-5-7(6-16-8)10(14)15;/h5-6,12H,3-4H2,1-2H3;1H/q+1;/p-1. The first-order valence-electron chi connectivity index (χ1n) is 4.76. The summed E-state index contributed by atoms with van der Waals surface area (Å²) in [6.45, 7) is 0.338. The van der Waals surface area contributed by atoms with E-state index in [-0.39, 0.29) is 45.9 Å². The molecule has 0 amide bonds. The lowest BCUT2D eigenvalue weighted by molar-refractivity contribution is -0.750. The Kier molecular flexibility index (Phi) is 6.81. The van der Waals surface area contributed by atoms with Gasteiger partial charge < -0.3 is 33.5 Å². The molecule has 0 saturated heterocycles. The second-order valence-corrected chi connectivity index (χ2v) is 5.37. The van der Waals surface area contributed by atoms with Gasteiger partial charge in [0.1, 0.15) is 6.54 Å². The van der Waals surface area contributed by atoms with Crippen LogP contribution in [-0.2, 0) is 0 Å². The predicted molar refractivity (Wildman–Crippen MR) is 61.3 cm³/mol. The van der Waals surface area contributed by atoms with Crippen LogP contribution in [-0.4, -0.2) is 46.3 Å². The van der Waals surface area contributed by atoms with Crippen LogP contribution in [0.1, 0.15) is 10.6 Å². The third-order valence-electron chi connectivity index (χ3n) is 1.97. The summed E-state index contributed by atoms with van der Waals surface area (Å²) in [7, 11) is 3.49. The molecule has 7 nitrogen and oxygen atoms in total. The molecule has 0 spiro atoms. The number of hydrogen-bond donors (Lipinski definition) is 1. The van der Waals surface area contributed by atoms with Crippen molar-refractivity contribution >= 4 is 22.8 Å². The molecule has 1 aromatic rings. The number of nitrogens with zero attached hydrogens (tertiary/aromatic N) is 2. The molecule has 18 heavy (non-hydrogen) atoms. The normalized spacial score (nSPS) is 10.8. The van der Waals surface area contributed by atoms with Crippen molar-refractivity contribution in [1.82, 2.24) is 0 Å². The Labute approximate surface area is 125 Å². The first-order chi connectivity index (χ1) is 7.85. The molecule has 0 radical (unpaired) electrons. The van der Waals surface area contributed by atoms with Gasteiger partial charge in [0.05, 0.1) is 31.7 Å². The van der Waals surface area contributed by atoms with Gasteiger partial charge in [-0.2, -0.15) is 0 Å². The zero-order valence-electron chi connectivity index (χ0n) is 9.83. The number of likely N-dealkylation sites (N-methyl/N-ethyl adjacent to an activating group) is 1. The Morgan fingerprint density at radius 1 is 1.61 bits per heavy atom. The second-order valence-electron chi connectivity index (χ2n) is 3.83. The fourth-order valence-corrected chi connectivity index (χ4v) is 1.90. The van der Waals surface area contributed by atoms with Crippen LogP contribution in [0.4, 0.5) is 5.69 Å². The summed E-state index contributed by atoms with van der Waals surface area (Å²) in [6.07, 6.45) is 0.930. The van der Waals surface area contributed by atoms with Crippen molar-refractivity contribution in [2.24, 2.45) is 0 Å². The average Bonchev–Trinajstić information content (AvgIpc) is 2.64. The lowest BCUT2D eigenvalue weighted by Crippen LogP contribution is -3.00. The minimum absolute atomic E-state index is 0. The minimum atomic E-state index is -0.626. The lowest BCUT2D eigenvalue weighted by Gasteiger charge is -2.23. The third kappa shape index (κ3) is 4.92. The van der Waals surface area contributed by atoms with Gasteiger partial charge in [0.15, 0.2) is 24.0 Å². The Morgan fingerprint density at radius 2 is 2.22 bits per heavy atom. The van der Waals surface area contributed by atoms with Crippen LogP contribution in [0.15, 0.2) is 16.7 Å². The summed E-state index contributed by atoms with van der Waals surface area (Å²) in [5.41, 5.74) is -0.249. The Bertz CT molecular complexity index is 434. The zero-order chi connectivity index (χ0) is 13.1. The molecule has 0 aliphatic rings. The highest BCUT2D eigenvalue weighted by atomic mass is 127. The molecule has 0 fully saturated rings. The number of hydrogen-bond acceptors (Lipinski definition) is 6. The van der Waals surface area contributed by atoms with Crippen LogP contribution in [0, 0.1) is 10.1 Å². The van der Waals surface area contributed by atoms with E-state index in [1.807, 2.05) is 0 Å². The largest absolute Gasteiger partial charge is 1.00 e. The van der Waals surface area contributed by atoms with Gasteiger partial charge in [-0.15, -0.1) is 0 Å². The molecule has 0 aromatic carbocycles. The van der Waals surface area contributed by atoms with Crippen LogP contribution < -0.4 is 24.0 Å². The number of carbonyl (C=O) groups is 1. The summed E-state index contributed by atoms with van der Waals surface area (Å²) >= 11 is 0.927. The summed E-state index contributed by atoms with van der Waals surface area (Å²) in [6, 6.07) is 1.09. The summed E-state index contributed by atoms with van der Waals surface area (Å²) < 4.78 is 5.04. The maximum Gasteiger partial charge on any atom is 0.311 e. The summed E-state index contributed by atoms with van der Waals surface area (Å²) in [5.74, 6) is -0.0640. The van der Waals surface area contributed by atoms with Gasteiger partial charge in [0.25, 0.3) is 0 Å². The van der Waals surface area contributed by atoms with E-state index in [9.17, 15) is 14.9 Å². The van der Waals surface area contributed by atoms with Crippen LogP contribution in [0.2, 0.25) is 0 Å². The fourth-order valence-electron chi connectivity index (χ4n) is 1.08. The van der Waals surface area contributed by atoms with Gasteiger partial charge >= 0.3 is 10.8 Å². The number of halogens is 1. The van der Waals surface area contributed by atoms with Gasteiger partial charge in [-0.05, 0) is 0 Å². The smallest absolute Gasteiger partial charge is 0.311 e. The van der Waals surface area contributed by atoms with E-state index in [0.29, 0.717) is 6.54 Å². The van der Waals surface area contributed by atoms with Crippen molar-refractivity contribution in [3.8, 4) is 0 Å². The number of quaternary nitrogens is 1. The molecule has 1 rings (SSSR count). The first-order valence-corrected chi connectivity index (χ1v) is 5.54. The monoisotopic (exact) mass is 388 g/mol. The predicted octanol–water partition coefficient (Wildman–Crippen LogP) is -1.95. The number of aliphatic hydroxyl groups is 1. The Morgan fingerprint density at radius 3 is 2.67 bits per heavy atom. The lowest BCUT2D eigenvalue weighted by atomic mass is 10.4. The molecule has 0 atom stereocenters. The van der Waals surface area contributed by atoms with Crippen molar-refractivity contribution < 1.29 is 47.1 Å². The number of rotatable bonds is 5. The molecule has 1 N–H and O–H groups in total. The van der Waals surface area contributed by atoms with Crippen molar-refractivity contribution in [3.05, 3.63) is 28.2 Å². The highest BCUT2D eigenvalue weighted by Crippen LogP contribution is 2.25. The van der Waals surface area contributed by atoms with E-state index in [1.54, 1.807) is 14.1 Å². The maximum absolute atomic E-state index is 11.7. The van der Waals surface area contributed by atoms with Crippen LogP contribution in [0.3, 0.4) is 0 Å². The molecule has 0 bridgehead atoms. The Balaban J connectivity index is 0.00000289. The van der Waals surface area contributed by atoms with Gasteiger partial charge in [-0.3, -0.25) is 18.8 Å². The van der Waals surface area contributed by atoms with Gasteiger partial charge in [-0.25, -0.2) is 0 Å². The average molecular weight is 388 g/mol. The molecule has 0 aliphatic carbocycles. The fraction of sp³-hybridized carbons (Fsp3) is 0.444. The van der Waals surface area contributed by atoms with Gasteiger partial charge in [-0.1, -0.05) is 0 Å². The molecule has 1 heterocycles. The van der Waals surface area contributed by atoms with Gasteiger partial charge in [0, 0.05) is 0 Å². The van der Waals surface area contributed by atoms with Crippen LogP contribution in [0.25, 0.3) is 0 Å². The maximum atomic E-state index is 11.7. The van der Waals surface area contributed by atoms with Crippen LogP contribution in [0.5, 0.6) is 0 Å². The van der Waals surface area contributed by atoms with E-state index in [4.69, 9.17) is 9.52 Å². The SMILES string of the molecule is C[N+](C)(CCO)SC(=O)c1cc([N+](=O)[O-])co1.[I-]. The van der Waals surface area contributed by atoms with E-state index in [0.717, 1.165) is 24.3 Å². The number of nitro groups is 1. The number of aliphatic hydroxyl groups excluding tert-OH is 1. The van der Waals surface area contributed by atoms with Crippen molar-refractivity contribution in [2.75, 3.05) is 27.2 Å². The minimum Gasteiger partial charge on any atom is -1.00 e. The summed E-state index contributed by atoms with van der Waals surface area (Å²) in [4.78, 5) is 21.5. The number of carbonyl (C=O) groups excluding carboxylic acids is 1. The van der Waals surface area contributed by atoms with Crippen molar-refractivity contribution in [2.45, 2.75) is 0 Å². The molecule has 102 valence electrons. The highest BCUT2D eigenvalue weighted by Gasteiger charge is 2.27. The summed E-state index contributed by atoms with van der Waals surface area (Å²) in [5, 5.41) is 18.8. The number of furan rings is 1. The third-order valence-corrected chi connectivity index (χ3v) is 3.01. The molecule has 0 saturated carbocycles. The quantitative estimate of drug-likeness (QED) is 0.207. The van der Waals surface area contributed by atoms with E-state index in [2.05, 4.69) is 0 Å². The molecule has 0 unspecified atom stereocenters. The molecular weight excluding hydrogens is 375 g/mol. The van der Waals surface area contributed by atoms with E-state index < -0.39 is 10.0 Å². The van der Waals surface area contributed by atoms with Gasteiger partial charge in [0.2, 0.25) is 0 Å². The molecule has 0 aliphatic heterocycles. The van der Waals surface area contributed by atoms with Crippen LogP contribution >= 0.6 is 11.9 Å². The van der Waals surface area contributed by atoms with Crippen molar-refractivity contribution in [3.63, 3.8) is 0 Å². The highest BCUT2D eigenvalue weighted by molar-refractivity contribution is 8.09. The molecular formula is C9H13IN2O5S. The van der Waals surface area contributed by atoms with Crippen molar-refractivity contribution in [1.29, 1.82) is 0 Å². The van der Waals surface area contributed by atoms with E-state index in [1.165, 1.54) is 0 Å². The topological polar surface area (TPSA) is 93.6 Å². The molecule has 9 heteroatoms.